The summed E-state index contributed by atoms with van der Waals surface area (Å²) in [6.07, 6.45) is 2.19. The van der Waals surface area contributed by atoms with Gasteiger partial charge in [-0.05, 0) is 25.3 Å². The lowest BCUT2D eigenvalue weighted by molar-refractivity contribution is -0.173. The molecule has 0 aromatic carbocycles. The smallest absolute Gasteiger partial charge is 0.371 e. The zero-order chi connectivity index (χ0) is 11.9. The molecule has 1 aliphatic rings. The van der Waals surface area contributed by atoms with Gasteiger partial charge in [-0.15, -0.1) is 0 Å². The molecule has 5 heteroatoms. The Kier molecular flexibility index (Phi) is 6.13. The Bertz CT molecular complexity index is 179. The second-order valence-electron chi connectivity index (χ2n) is 4.38. The molecule has 0 unspecified atom stereocenters. The first-order valence-corrected chi connectivity index (χ1v) is 5.93. The van der Waals surface area contributed by atoms with Gasteiger partial charge in [-0.1, -0.05) is 19.3 Å². The summed E-state index contributed by atoms with van der Waals surface area (Å²) in [5, 5.41) is 3.15. The van der Waals surface area contributed by atoms with Crippen LogP contribution in [-0.2, 0) is 4.74 Å². The molecule has 16 heavy (non-hydrogen) atoms. The minimum Gasteiger partial charge on any atom is -0.371 e. The Morgan fingerprint density at radius 3 is 2.44 bits per heavy atom. The largest absolute Gasteiger partial charge is 0.411 e. The molecule has 1 rings (SSSR count). The number of hydrogen-bond acceptors (Lipinski definition) is 2. The standard InChI is InChI=1S/C11H20F3NO/c12-11(13,14)9-16-7-6-15-8-10-4-2-1-3-5-10/h10,15H,1-9H2. The molecule has 0 bridgehead atoms. The maximum Gasteiger partial charge on any atom is 0.411 e. The van der Waals surface area contributed by atoms with E-state index in [1.54, 1.807) is 0 Å². The van der Waals surface area contributed by atoms with Gasteiger partial charge < -0.3 is 10.1 Å². The van der Waals surface area contributed by atoms with Crippen molar-refractivity contribution in [2.75, 3.05) is 26.3 Å². The van der Waals surface area contributed by atoms with Crippen molar-refractivity contribution >= 4 is 0 Å². The molecule has 96 valence electrons. The molecule has 0 heterocycles. The van der Waals surface area contributed by atoms with Crippen molar-refractivity contribution in [3.05, 3.63) is 0 Å². The summed E-state index contributed by atoms with van der Waals surface area (Å²) in [6.45, 7) is 0.409. The van der Waals surface area contributed by atoms with Gasteiger partial charge in [0.1, 0.15) is 6.61 Å². The van der Waals surface area contributed by atoms with Crippen molar-refractivity contribution in [2.45, 2.75) is 38.3 Å². The number of alkyl halides is 3. The van der Waals surface area contributed by atoms with Gasteiger partial charge in [0, 0.05) is 6.54 Å². The van der Waals surface area contributed by atoms with Crippen LogP contribution in [-0.4, -0.2) is 32.5 Å². The zero-order valence-electron chi connectivity index (χ0n) is 9.48. The second-order valence-corrected chi connectivity index (χ2v) is 4.38. The van der Waals surface area contributed by atoms with E-state index in [0.29, 0.717) is 12.5 Å². The molecule has 2 nitrogen and oxygen atoms in total. The van der Waals surface area contributed by atoms with Crippen molar-refractivity contribution in [3.63, 3.8) is 0 Å². The van der Waals surface area contributed by atoms with E-state index in [2.05, 4.69) is 10.1 Å². The summed E-state index contributed by atoms with van der Waals surface area (Å²) >= 11 is 0. The molecule has 1 N–H and O–H groups in total. The average molecular weight is 239 g/mol. The number of nitrogens with one attached hydrogen (secondary N) is 1. The average Bonchev–Trinajstić information content (AvgIpc) is 2.23. The fourth-order valence-corrected chi connectivity index (χ4v) is 2.03. The molecule has 0 aromatic rings. The van der Waals surface area contributed by atoms with Gasteiger partial charge in [-0.2, -0.15) is 13.2 Å². The first kappa shape index (κ1) is 13.8. The molecule has 1 saturated carbocycles. The van der Waals surface area contributed by atoms with E-state index in [0.717, 1.165) is 6.54 Å². The lowest BCUT2D eigenvalue weighted by Gasteiger charge is -2.21. The molecule has 0 amide bonds. The van der Waals surface area contributed by atoms with E-state index in [1.807, 2.05) is 0 Å². The molecule has 0 saturated heterocycles. The lowest BCUT2D eigenvalue weighted by atomic mass is 9.89. The van der Waals surface area contributed by atoms with Gasteiger partial charge in [-0.25, -0.2) is 0 Å². The minimum atomic E-state index is -4.20. The van der Waals surface area contributed by atoms with Crippen LogP contribution in [0.4, 0.5) is 13.2 Å². The Morgan fingerprint density at radius 1 is 1.12 bits per heavy atom. The molecule has 0 radical (unpaired) electrons. The molecule has 0 atom stereocenters. The number of ether oxygens (including phenoxy) is 1. The van der Waals surface area contributed by atoms with E-state index in [9.17, 15) is 13.2 Å². The van der Waals surface area contributed by atoms with E-state index in [1.165, 1.54) is 32.1 Å². The molecule has 1 fully saturated rings. The highest BCUT2D eigenvalue weighted by Crippen LogP contribution is 2.22. The summed E-state index contributed by atoms with van der Waals surface area (Å²) in [5.74, 6) is 0.705. The van der Waals surface area contributed by atoms with E-state index in [-0.39, 0.29) is 6.61 Å². The predicted octanol–water partition coefficient (Wildman–Crippen LogP) is 2.74. The van der Waals surface area contributed by atoms with Crippen molar-refractivity contribution in [2.24, 2.45) is 5.92 Å². The quantitative estimate of drug-likeness (QED) is 0.720. The predicted molar refractivity (Wildman–Crippen MR) is 56.3 cm³/mol. The van der Waals surface area contributed by atoms with Crippen LogP contribution < -0.4 is 5.32 Å². The first-order chi connectivity index (χ1) is 7.58. The van der Waals surface area contributed by atoms with Crippen molar-refractivity contribution in [3.8, 4) is 0 Å². The fraction of sp³-hybridized carbons (Fsp3) is 1.00. The van der Waals surface area contributed by atoms with Crippen LogP contribution in [0.25, 0.3) is 0 Å². The van der Waals surface area contributed by atoms with Gasteiger partial charge >= 0.3 is 6.18 Å². The summed E-state index contributed by atoms with van der Waals surface area (Å²) in [6, 6.07) is 0. The topological polar surface area (TPSA) is 21.3 Å². The highest BCUT2D eigenvalue weighted by Gasteiger charge is 2.27. The van der Waals surface area contributed by atoms with Crippen molar-refractivity contribution < 1.29 is 17.9 Å². The Morgan fingerprint density at radius 2 is 1.81 bits per heavy atom. The molecule has 0 aliphatic heterocycles. The monoisotopic (exact) mass is 239 g/mol. The van der Waals surface area contributed by atoms with Crippen molar-refractivity contribution in [1.29, 1.82) is 0 Å². The highest BCUT2D eigenvalue weighted by molar-refractivity contribution is 4.67. The fourth-order valence-electron chi connectivity index (χ4n) is 2.03. The van der Waals surface area contributed by atoms with Gasteiger partial charge in [-0.3, -0.25) is 0 Å². The Hall–Kier alpha value is -0.290. The number of hydrogen-bond donors (Lipinski definition) is 1. The molecule has 0 aromatic heterocycles. The van der Waals surface area contributed by atoms with Crippen LogP contribution in [0.1, 0.15) is 32.1 Å². The van der Waals surface area contributed by atoms with Gasteiger partial charge in [0.15, 0.2) is 0 Å². The Balaban J connectivity index is 1.87. The number of halogens is 3. The lowest BCUT2D eigenvalue weighted by Crippen LogP contribution is -2.28. The summed E-state index contributed by atoms with van der Waals surface area (Å²) < 4.78 is 39.6. The third kappa shape index (κ3) is 7.06. The van der Waals surface area contributed by atoms with Crippen LogP contribution in [0, 0.1) is 5.92 Å². The van der Waals surface area contributed by atoms with Gasteiger partial charge in [0.25, 0.3) is 0 Å². The summed E-state index contributed by atoms with van der Waals surface area (Å²) in [5.41, 5.74) is 0. The van der Waals surface area contributed by atoms with E-state index < -0.39 is 12.8 Å². The molecule has 0 spiro atoms. The summed E-state index contributed by atoms with van der Waals surface area (Å²) in [4.78, 5) is 0. The summed E-state index contributed by atoms with van der Waals surface area (Å²) in [7, 11) is 0. The van der Waals surface area contributed by atoms with Crippen LogP contribution in [0.5, 0.6) is 0 Å². The number of rotatable bonds is 6. The van der Waals surface area contributed by atoms with Crippen molar-refractivity contribution in [1.82, 2.24) is 5.32 Å². The first-order valence-electron chi connectivity index (χ1n) is 5.93. The van der Waals surface area contributed by atoms with E-state index in [4.69, 9.17) is 0 Å². The second kappa shape index (κ2) is 7.12. The highest BCUT2D eigenvalue weighted by atomic mass is 19.4. The molecular weight excluding hydrogens is 219 g/mol. The third-order valence-electron chi connectivity index (χ3n) is 2.85. The van der Waals surface area contributed by atoms with Gasteiger partial charge in [0.2, 0.25) is 0 Å². The van der Waals surface area contributed by atoms with Gasteiger partial charge in [0.05, 0.1) is 6.61 Å². The van der Waals surface area contributed by atoms with E-state index >= 15 is 0 Å². The SMILES string of the molecule is FC(F)(F)COCCNCC1CCCCC1. The van der Waals surface area contributed by atoms with Crippen LogP contribution in [0.15, 0.2) is 0 Å². The normalized spacial score (nSPS) is 18.9. The minimum absolute atomic E-state index is 0.131. The maximum absolute atomic E-state index is 11.7. The van der Waals surface area contributed by atoms with Crippen LogP contribution >= 0.6 is 0 Å². The zero-order valence-corrected chi connectivity index (χ0v) is 9.48. The molecular formula is C11H20F3NO. The molecule has 1 aliphatic carbocycles. The van der Waals surface area contributed by atoms with Crippen LogP contribution in [0.3, 0.4) is 0 Å². The Labute approximate surface area is 94.5 Å². The van der Waals surface area contributed by atoms with Crippen LogP contribution in [0.2, 0.25) is 0 Å². The third-order valence-corrected chi connectivity index (χ3v) is 2.85. The maximum atomic E-state index is 11.7.